The number of aromatic nitrogens is 3. The lowest BCUT2D eigenvalue weighted by atomic mass is 10.1. The number of anilines is 1. The Kier molecular flexibility index (Phi) is 5.97. The van der Waals surface area contributed by atoms with Gasteiger partial charge in [-0.05, 0) is 31.2 Å². The largest absolute Gasteiger partial charge is 0.573 e. The summed E-state index contributed by atoms with van der Waals surface area (Å²) in [7, 11) is 0. The molecule has 0 unspecified atom stereocenters. The van der Waals surface area contributed by atoms with Gasteiger partial charge >= 0.3 is 6.36 Å². The number of halogens is 3. The van der Waals surface area contributed by atoms with E-state index in [-0.39, 0.29) is 17.4 Å². The van der Waals surface area contributed by atoms with Gasteiger partial charge in [0.2, 0.25) is 11.1 Å². The molecule has 0 aliphatic rings. The standard InChI is InChI=1S/C18H16F3N5O2S/c1-11-2-4-12(5-3-11)16-24-25-17(26(16)22)29-10-15(27)23-13-6-8-14(9-7-13)28-18(19,20)21/h2-9H,10,22H2,1H3,(H,23,27). The molecule has 0 aliphatic carbocycles. The van der Waals surface area contributed by atoms with Crippen LogP contribution in [0.2, 0.25) is 0 Å². The normalized spacial score (nSPS) is 11.3. The first kappa shape index (κ1) is 20.5. The summed E-state index contributed by atoms with van der Waals surface area (Å²) >= 11 is 1.08. The summed E-state index contributed by atoms with van der Waals surface area (Å²) in [5.74, 6) is 5.72. The highest BCUT2D eigenvalue weighted by Gasteiger charge is 2.30. The van der Waals surface area contributed by atoms with Crippen molar-refractivity contribution in [3.05, 3.63) is 54.1 Å². The Morgan fingerprint density at radius 3 is 2.41 bits per heavy atom. The van der Waals surface area contributed by atoms with Crippen molar-refractivity contribution in [3.63, 3.8) is 0 Å². The van der Waals surface area contributed by atoms with Gasteiger partial charge in [-0.15, -0.1) is 23.4 Å². The minimum absolute atomic E-state index is 0.00989. The van der Waals surface area contributed by atoms with Crippen LogP contribution in [0.5, 0.6) is 5.75 Å². The van der Waals surface area contributed by atoms with Gasteiger partial charge in [-0.1, -0.05) is 41.6 Å². The van der Waals surface area contributed by atoms with Crippen molar-refractivity contribution < 1.29 is 22.7 Å². The molecule has 0 radical (unpaired) electrons. The number of benzene rings is 2. The van der Waals surface area contributed by atoms with Crippen LogP contribution in [0.25, 0.3) is 11.4 Å². The van der Waals surface area contributed by atoms with Crippen molar-refractivity contribution in [1.29, 1.82) is 0 Å². The molecule has 3 aromatic rings. The van der Waals surface area contributed by atoms with Crippen LogP contribution in [-0.4, -0.2) is 32.9 Å². The number of rotatable bonds is 6. The molecule has 0 aliphatic heterocycles. The topological polar surface area (TPSA) is 95.1 Å². The van der Waals surface area contributed by atoms with E-state index in [9.17, 15) is 18.0 Å². The second-order valence-electron chi connectivity index (χ2n) is 5.95. The van der Waals surface area contributed by atoms with Crippen molar-refractivity contribution in [2.75, 3.05) is 16.9 Å². The van der Waals surface area contributed by atoms with E-state index in [1.807, 2.05) is 31.2 Å². The van der Waals surface area contributed by atoms with Crippen LogP contribution in [0.3, 0.4) is 0 Å². The summed E-state index contributed by atoms with van der Waals surface area (Å²) in [4.78, 5) is 12.1. The summed E-state index contributed by atoms with van der Waals surface area (Å²) in [5.41, 5.74) is 2.23. The zero-order valence-electron chi connectivity index (χ0n) is 15.1. The lowest BCUT2D eigenvalue weighted by molar-refractivity contribution is -0.274. The van der Waals surface area contributed by atoms with E-state index in [1.165, 1.54) is 16.8 Å². The smallest absolute Gasteiger partial charge is 0.406 e. The Bertz CT molecular complexity index is 988. The third-order valence-electron chi connectivity index (χ3n) is 3.68. The number of alkyl halides is 3. The average molecular weight is 423 g/mol. The zero-order valence-corrected chi connectivity index (χ0v) is 15.9. The number of nitrogen functional groups attached to an aromatic ring is 1. The summed E-state index contributed by atoms with van der Waals surface area (Å²) in [6.45, 7) is 1.97. The molecular formula is C18H16F3N5O2S. The van der Waals surface area contributed by atoms with Crippen molar-refractivity contribution in [2.45, 2.75) is 18.4 Å². The molecule has 2 aromatic carbocycles. The summed E-state index contributed by atoms with van der Waals surface area (Å²) < 4.78 is 41.5. The van der Waals surface area contributed by atoms with Crippen molar-refractivity contribution >= 4 is 23.4 Å². The van der Waals surface area contributed by atoms with Crippen LogP contribution in [0, 0.1) is 6.92 Å². The summed E-state index contributed by atoms with van der Waals surface area (Å²) in [6.07, 6.45) is -4.77. The molecule has 3 N–H and O–H groups in total. The van der Waals surface area contributed by atoms with Gasteiger partial charge in [0.15, 0.2) is 5.82 Å². The van der Waals surface area contributed by atoms with Gasteiger partial charge < -0.3 is 15.9 Å². The van der Waals surface area contributed by atoms with Crippen LogP contribution in [-0.2, 0) is 4.79 Å². The molecule has 1 amide bonds. The lowest BCUT2D eigenvalue weighted by Gasteiger charge is -2.10. The maximum absolute atomic E-state index is 12.2. The van der Waals surface area contributed by atoms with Gasteiger partial charge in [-0.25, -0.2) is 4.68 Å². The number of ether oxygens (including phenoxy) is 1. The summed E-state index contributed by atoms with van der Waals surface area (Å²) in [5, 5.41) is 11.0. The highest BCUT2D eigenvalue weighted by molar-refractivity contribution is 7.99. The zero-order chi connectivity index (χ0) is 21.0. The predicted octanol–water partition coefficient (Wildman–Crippen LogP) is 3.60. The SMILES string of the molecule is Cc1ccc(-c2nnc(SCC(=O)Nc3ccc(OC(F)(F)F)cc3)n2N)cc1. The molecule has 0 saturated heterocycles. The highest BCUT2D eigenvalue weighted by atomic mass is 32.2. The number of aryl methyl sites for hydroxylation is 1. The first-order chi connectivity index (χ1) is 13.7. The molecule has 0 atom stereocenters. The maximum Gasteiger partial charge on any atom is 0.573 e. The van der Waals surface area contributed by atoms with Gasteiger partial charge in [0.1, 0.15) is 5.75 Å². The molecule has 152 valence electrons. The van der Waals surface area contributed by atoms with E-state index in [4.69, 9.17) is 5.84 Å². The first-order valence-corrected chi connectivity index (χ1v) is 9.26. The Morgan fingerprint density at radius 2 is 1.79 bits per heavy atom. The fourth-order valence-corrected chi connectivity index (χ4v) is 3.00. The molecule has 1 aromatic heterocycles. The average Bonchev–Trinajstić information content (AvgIpc) is 3.02. The number of amides is 1. The molecule has 1 heterocycles. The molecular weight excluding hydrogens is 407 g/mol. The van der Waals surface area contributed by atoms with Crippen LogP contribution in [0.1, 0.15) is 5.56 Å². The number of nitrogens with zero attached hydrogens (tertiary/aromatic N) is 3. The van der Waals surface area contributed by atoms with Crippen LogP contribution < -0.4 is 15.9 Å². The molecule has 0 bridgehead atoms. The molecule has 0 fully saturated rings. The highest BCUT2D eigenvalue weighted by Crippen LogP contribution is 2.25. The third-order valence-corrected chi connectivity index (χ3v) is 4.62. The molecule has 3 rings (SSSR count). The van der Waals surface area contributed by atoms with Gasteiger partial charge in [-0.2, -0.15) is 0 Å². The number of hydrogen-bond donors (Lipinski definition) is 2. The second-order valence-corrected chi connectivity index (χ2v) is 6.89. The Balaban J connectivity index is 1.56. The van der Waals surface area contributed by atoms with Crippen LogP contribution >= 0.6 is 11.8 Å². The number of carbonyl (C=O) groups excluding carboxylic acids is 1. The molecule has 29 heavy (non-hydrogen) atoms. The van der Waals surface area contributed by atoms with Gasteiger partial charge in [0, 0.05) is 11.3 Å². The van der Waals surface area contributed by atoms with E-state index in [0.29, 0.717) is 16.7 Å². The van der Waals surface area contributed by atoms with E-state index < -0.39 is 6.36 Å². The number of thioether (sulfide) groups is 1. The van der Waals surface area contributed by atoms with E-state index in [0.717, 1.165) is 35.0 Å². The van der Waals surface area contributed by atoms with Gasteiger partial charge in [0.25, 0.3) is 0 Å². The fourth-order valence-electron chi connectivity index (χ4n) is 2.34. The van der Waals surface area contributed by atoms with E-state index >= 15 is 0 Å². The molecule has 0 spiro atoms. The quantitative estimate of drug-likeness (QED) is 0.465. The van der Waals surface area contributed by atoms with Crippen LogP contribution in [0.15, 0.2) is 53.7 Å². The van der Waals surface area contributed by atoms with Crippen molar-refractivity contribution in [2.24, 2.45) is 0 Å². The van der Waals surface area contributed by atoms with Crippen LogP contribution in [0.4, 0.5) is 18.9 Å². The van der Waals surface area contributed by atoms with E-state index in [2.05, 4.69) is 20.3 Å². The molecule has 11 heteroatoms. The number of nitrogens with two attached hydrogens (primary N) is 1. The van der Waals surface area contributed by atoms with Crippen molar-refractivity contribution in [1.82, 2.24) is 14.9 Å². The Labute approximate surface area is 168 Å². The fraction of sp³-hybridized carbons (Fsp3) is 0.167. The summed E-state index contributed by atoms with van der Waals surface area (Å²) in [6, 6.07) is 12.4. The number of hydrogen-bond acceptors (Lipinski definition) is 6. The number of nitrogens with one attached hydrogen (secondary N) is 1. The molecule has 7 nitrogen and oxygen atoms in total. The monoisotopic (exact) mass is 423 g/mol. The lowest BCUT2D eigenvalue weighted by Crippen LogP contribution is -2.17. The van der Waals surface area contributed by atoms with Gasteiger partial charge in [-0.3, -0.25) is 4.79 Å². The molecule has 0 saturated carbocycles. The maximum atomic E-state index is 12.2. The van der Waals surface area contributed by atoms with E-state index in [1.54, 1.807) is 0 Å². The third kappa shape index (κ3) is 5.64. The Morgan fingerprint density at radius 1 is 1.14 bits per heavy atom. The van der Waals surface area contributed by atoms with Crippen molar-refractivity contribution in [3.8, 4) is 17.1 Å². The van der Waals surface area contributed by atoms with Gasteiger partial charge in [0.05, 0.1) is 5.75 Å². The predicted molar refractivity (Wildman–Crippen MR) is 103 cm³/mol. The number of carbonyl (C=O) groups is 1. The first-order valence-electron chi connectivity index (χ1n) is 8.27. The second kappa shape index (κ2) is 8.43. The minimum Gasteiger partial charge on any atom is -0.406 e. The minimum atomic E-state index is -4.77. The Hall–Kier alpha value is -3.21.